The minimum atomic E-state index is -1.36. The largest absolute Gasteiger partial charge is 0.390 e. The van der Waals surface area contributed by atoms with Crippen LogP contribution in [0.5, 0.6) is 0 Å². The van der Waals surface area contributed by atoms with E-state index in [1.165, 1.54) is 12.1 Å². The van der Waals surface area contributed by atoms with E-state index >= 15 is 0 Å². The van der Waals surface area contributed by atoms with Gasteiger partial charge in [-0.25, -0.2) is 4.39 Å². The van der Waals surface area contributed by atoms with E-state index < -0.39 is 41.8 Å². The van der Waals surface area contributed by atoms with Crippen molar-refractivity contribution in [1.29, 1.82) is 0 Å². The number of hydrogen-bond donors (Lipinski definition) is 5. The second-order valence-corrected chi connectivity index (χ2v) is 6.14. The Bertz CT molecular complexity index is 770. The van der Waals surface area contributed by atoms with Gasteiger partial charge in [0.1, 0.15) is 11.9 Å². The van der Waals surface area contributed by atoms with Crippen molar-refractivity contribution in [2.45, 2.75) is 24.7 Å². The van der Waals surface area contributed by atoms with Gasteiger partial charge in [-0.1, -0.05) is 17.7 Å². The molecular formula is C16H17ClFN3O5. The lowest BCUT2D eigenvalue weighted by atomic mass is 9.90. The molecule has 0 unspecified atom stereocenters. The molecule has 0 bridgehead atoms. The number of rotatable bonds is 5. The van der Waals surface area contributed by atoms with Crippen molar-refractivity contribution in [3.05, 3.63) is 46.3 Å². The molecule has 0 aliphatic heterocycles. The summed E-state index contributed by atoms with van der Waals surface area (Å²) < 4.78 is 13.2. The molecular weight excluding hydrogens is 369 g/mol. The summed E-state index contributed by atoms with van der Waals surface area (Å²) in [4.78, 5) is 35.0. The normalized spacial score (nSPS) is 22.3. The van der Waals surface area contributed by atoms with E-state index in [1.54, 1.807) is 0 Å². The highest BCUT2D eigenvalue weighted by Gasteiger charge is 2.33. The van der Waals surface area contributed by atoms with Crippen molar-refractivity contribution in [3.8, 4) is 0 Å². The van der Waals surface area contributed by atoms with Crippen molar-refractivity contribution >= 4 is 29.3 Å². The Morgan fingerprint density at radius 1 is 1.27 bits per heavy atom. The first kappa shape index (κ1) is 19.8. The van der Waals surface area contributed by atoms with E-state index in [2.05, 4.69) is 10.6 Å². The Balaban J connectivity index is 2.15. The maximum atomic E-state index is 13.2. The Hall–Kier alpha value is -2.49. The first-order chi connectivity index (χ1) is 12.2. The molecule has 0 spiro atoms. The Labute approximate surface area is 152 Å². The quantitative estimate of drug-likeness (QED) is 0.452. The average Bonchev–Trinajstić information content (AvgIpc) is 2.58. The number of benzene rings is 1. The summed E-state index contributed by atoms with van der Waals surface area (Å²) in [5.74, 6) is -2.77. The van der Waals surface area contributed by atoms with Gasteiger partial charge in [0.25, 0.3) is 5.91 Å². The van der Waals surface area contributed by atoms with Crippen LogP contribution >= 0.6 is 11.6 Å². The molecule has 0 radical (unpaired) electrons. The smallest absolute Gasteiger partial charge is 0.251 e. The molecule has 140 valence electrons. The number of carbonyl (C=O) groups excluding carboxylic acids is 3. The molecule has 26 heavy (non-hydrogen) atoms. The molecule has 2 rings (SSSR count). The standard InChI is InChI=1S/C16H17ClFN3O5/c17-9-3-7(1-2-10(9)18)16(26)21-11-4-8(5-12(22)14(11)24)15(25)20-6-13(19)23/h1-4,11-12,14,22,24H,5-6H2,(H2,19,23)(H,20,25)(H,21,26)/t11-,12+,14+/m0/s1. The molecule has 8 nitrogen and oxygen atoms in total. The van der Waals surface area contributed by atoms with Crippen molar-refractivity contribution in [2.24, 2.45) is 5.73 Å². The van der Waals surface area contributed by atoms with Crippen molar-refractivity contribution in [3.63, 3.8) is 0 Å². The number of carbonyl (C=O) groups is 3. The molecule has 1 aliphatic carbocycles. The topological polar surface area (TPSA) is 142 Å². The molecule has 3 atom stereocenters. The van der Waals surface area contributed by atoms with Crippen LogP contribution in [-0.4, -0.2) is 52.7 Å². The highest BCUT2D eigenvalue weighted by Crippen LogP contribution is 2.21. The highest BCUT2D eigenvalue weighted by atomic mass is 35.5. The summed E-state index contributed by atoms with van der Waals surface area (Å²) in [5.41, 5.74) is 5.06. The van der Waals surface area contributed by atoms with Gasteiger partial charge in [-0.2, -0.15) is 0 Å². The average molecular weight is 386 g/mol. The molecule has 0 heterocycles. The second kappa shape index (κ2) is 8.26. The third kappa shape index (κ3) is 4.78. The van der Waals surface area contributed by atoms with Crippen molar-refractivity contribution in [2.75, 3.05) is 6.54 Å². The SMILES string of the molecule is NC(=O)CNC(=O)C1=C[C@H](NC(=O)c2ccc(F)c(Cl)c2)[C@@H](O)[C@H](O)C1. The van der Waals surface area contributed by atoms with Crippen LogP contribution < -0.4 is 16.4 Å². The van der Waals surface area contributed by atoms with Crippen LogP contribution in [0.25, 0.3) is 0 Å². The van der Waals surface area contributed by atoms with Crippen LogP contribution in [0.2, 0.25) is 5.02 Å². The molecule has 0 saturated heterocycles. The van der Waals surface area contributed by atoms with Crippen LogP contribution in [0.1, 0.15) is 16.8 Å². The second-order valence-electron chi connectivity index (χ2n) is 5.73. The van der Waals surface area contributed by atoms with Gasteiger partial charge in [0.15, 0.2) is 0 Å². The molecule has 1 aromatic carbocycles. The third-order valence-electron chi connectivity index (χ3n) is 3.77. The van der Waals surface area contributed by atoms with Crippen LogP contribution in [0.4, 0.5) is 4.39 Å². The monoisotopic (exact) mass is 385 g/mol. The summed E-state index contributed by atoms with van der Waals surface area (Å²) in [6.07, 6.45) is -1.56. The van der Waals surface area contributed by atoms with E-state index in [9.17, 15) is 29.0 Å². The van der Waals surface area contributed by atoms with E-state index in [0.717, 1.165) is 12.1 Å². The number of nitrogens with one attached hydrogen (secondary N) is 2. The highest BCUT2D eigenvalue weighted by molar-refractivity contribution is 6.31. The van der Waals surface area contributed by atoms with E-state index in [1.807, 2.05) is 0 Å². The maximum Gasteiger partial charge on any atom is 0.251 e. The Morgan fingerprint density at radius 3 is 2.58 bits per heavy atom. The summed E-state index contributed by atoms with van der Waals surface area (Å²) in [6.45, 7) is -0.389. The van der Waals surface area contributed by atoms with Gasteiger partial charge >= 0.3 is 0 Å². The maximum absolute atomic E-state index is 13.2. The van der Waals surface area contributed by atoms with Gasteiger partial charge < -0.3 is 26.6 Å². The third-order valence-corrected chi connectivity index (χ3v) is 4.06. The van der Waals surface area contributed by atoms with E-state index in [0.29, 0.717) is 0 Å². The van der Waals surface area contributed by atoms with Crippen LogP contribution in [0.15, 0.2) is 29.8 Å². The first-order valence-electron chi connectivity index (χ1n) is 7.58. The van der Waals surface area contributed by atoms with Crippen molar-refractivity contribution < 1.29 is 29.0 Å². The van der Waals surface area contributed by atoms with Crippen LogP contribution in [0.3, 0.4) is 0 Å². The van der Waals surface area contributed by atoms with Gasteiger partial charge in [-0.05, 0) is 18.2 Å². The molecule has 6 N–H and O–H groups in total. The van der Waals surface area contributed by atoms with E-state index in [-0.39, 0.29) is 29.1 Å². The van der Waals surface area contributed by atoms with Crippen LogP contribution in [0, 0.1) is 5.82 Å². The predicted octanol–water partition coefficient (Wildman–Crippen LogP) is -0.769. The number of amides is 3. The number of primary amides is 1. The number of aliphatic hydroxyl groups is 2. The zero-order chi connectivity index (χ0) is 19.4. The van der Waals surface area contributed by atoms with Gasteiger partial charge in [-0.15, -0.1) is 0 Å². The number of halogens is 2. The lowest BCUT2D eigenvalue weighted by Gasteiger charge is -2.31. The Kier molecular flexibility index (Phi) is 6.30. The van der Waals surface area contributed by atoms with Gasteiger partial charge in [0.2, 0.25) is 11.8 Å². The molecule has 1 aliphatic rings. The fourth-order valence-corrected chi connectivity index (χ4v) is 2.60. The van der Waals surface area contributed by atoms with Gasteiger partial charge in [-0.3, -0.25) is 14.4 Å². The number of nitrogens with two attached hydrogens (primary N) is 1. The molecule has 0 fully saturated rings. The lowest BCUT2D eigenvalue weighted by molar-refractivity contribution is -0.123. The van der Waals surface area contributed by atoms with E-state index in [4.69, 9.17) is 17.3 Å². The van der Waals surface area contributed by atoms with Gasteiger partial charge in [0, 0.05) is 17.6 Å². The summed E-state index contributed by atoms with van der Waals surface area (Å²) in [7, 11) is 0. The molecule has 1 aromatic rings. The fraction of sp³-hybridized carbons (Fsp3) is 0.312. The fourth-order valence-electron chi connectivity index (χ4n) is 2.42. The zero-order valence-electron chi connectivity index (χ0n) is 13.4. The van der Waals surface area contributed by atoms with Gasteiger partial charge in [0.05, 0.1) is 23.7 Å². The first-order valence-corrected chi connectivity index (χ1v) is 7.96. The minimum Gasteiger partial charge on any atom is -0.390 e. The van der Waals surface area contributed by atoms with Crippen LogP contribution in [-0.2, 0) is 9.59 Å². The summed E-state index contributed by atoms with van der Waals surface area (Å²) in [6, 6.07) is 2.25. The Morgan fingerprint density at radius 2 is 1.96 bits per heavy atom. The lowest BCUT2D eigenvalue weighted by Crippen LogP contribution is -2.51. The zero-order valence-corrected chi connectivity index (χ0v) is 14.2. The molecule has 10 heteroatoms. The number of hydrogen-bond acceptors (Lipinski definition) is 5. The summed E-state index contributed by atoms with van der Waals surface area (Å²) >= 11 is 5.63. The van der Waals surface area contributed by atoms with Crippen molar-refractivity contribution in [1.82, 2.24) is 10.6 Å². The predicted molar refractivity (Wildman–Crippen MR) is 89.6 cm³/mol. The molecule has 0 saturated carbocycles. The minimum absolute atomic E-state index is 0.0387. The number of aliphatic hydroxyl groups excluding tert-OH is 2. The molecule has 3 amide bonds. The summed E-state index contributed by atoms with van der Waals surface area (Å²) in [5, 5.41) is 24.4. The molecule has 0 aromatic heterocycles.